The zero-order chi connectivity index (χ0) is 12.8. The topological polar surface area (TPSA) is 42.0 Å². The van der Waals surface area contributed by atoms with Gasteiger partial charge in [-0.25, -0.2) is 4.98 Å². The molecule has 1 amide bonds. The van der Waals surface area contributed by atoms with E-state index in [-0.39, 0.29) is 5.91 Å². The molecule has 0 radical (unpaired) electrons. The first-order valence-electron chi connectivity index (χ1n) is 5.60. The molecule has 5 heteroatoms. The Bertz CT molecular complexity index is 513. The predicted molar refractivity (Wildman–Crippen MR) is 74.2 cm³/mol. The van der Waals surface area contributed by atoms with Crippen molar-refractivity contribution in [1.29, 1.82) is 0 Å². The number of rotatable bonds is 5. The summed E-state index contributed by atoms with van der Waals surface area (Å²) in [6.07, 6.45) is 0.754. The zero-order valence-corrected chi connectivity index (χ0v) is 11.3. The van der Waals surface area contributed by atoms with Gasteiger partial charge in [0.2, 0.25) is 0 Å². The van der Waals surface area contributed by atoms with Crippen molar-refractivity contribution in [2.24, 2.45) is 0 Å². The second kappa shape index (κ2) is 6.52. The molecule has 3 nitrogen and oxygen atoms in total. The Balaban J connectivity index is 1.87. The van der Waals surface area contributed by atoms with Crippen molar-refractivity contribution in [1.82, 2.24) is 10.3 Å². The van der Waals surface area contributed by atoms with E-state index < -0.39 is 0 Å². The Morgan fingerprint density at radius 1 is 1.44 bits per heavy atom. The molecule has 0 spiro atoms. The summed E-state index contributed by atoms with van der Waals surface area (Å²) in [4.78, 5) is 16.0. The van der Waals surface area contributed by atoms with Crippen LogP contribution in [-0.4, -0.2) is 17.4 Å². The van der Waals surface area contributed by atoms with Crippen LogP contribution in [0.15, 0.2) is 35.2 Å². The quantitative estimate of drug-likeness (QED) is 0.856. The number of amides is 1. The molecular formula is C13H13ClN2OS. The van der Waals surface area contributed by atoms with Crippen molar-refractivity contribution in [3.8, 4) is 0 Å². The maximum Gasteiger partial charge on any atom is 0.251 e. The van der Waals surface area contributed by atoms with E-state index in [4.69, 9.17) is 11.6 Å². The van der Waals surface area contributed by atoms with Crippen LogP contribution in [0.3, 0.4) is 0 Å². The first-order chi connectivity index (χ1) is 8.79. The Hall–Kier alpha value is -1.39. The fourth-order valence-electron chi connectivity index (χ4n) is 1.56. The number of carbonyl (C=O) groups excluding carboxylic acids is 1. The summed E-state index contributed by atoms with van der Waals surface area (Å²) >= 11 is 7.30. The summed E-state index contributed by atoms with van der Waals surface area (Å²) in [6.45, 7) is 0.591. The van der Waals surface area contributed by atoms with Gasteiger partial charge in [-0.1, -0.05) is 12.1 Å². The summed E-state index contributed by atoms with van der Waals surface area (Å²) < 4.78 is 0. The van der Waals surface area contributed by atoms with E-state index >= 15 is 0 Å². The van der Waals surface area contributed by atoms with Crippen LogP contribution in [0.1, 0.15) is 21.6 Å². The van der Waals surface area contributed by atoms with Gasteiger partial charge in [0.15, 0.2) is 0 Å². The van der Waals surface area contributed by atoms with Crippen LogP contribution in [0.4, 0.5) is 0 Å². The molecule has 18 heavy (non-hydrogen) atoms. The number of alkyl halides is 1. The zero-order valence-electron chi connectivity index (χ0n) is 9.73. The Kier molecular flexibility index (Phi) is 4.73. The van der Waals surface area contributed by atoms with Gasteiger partial charge in [0.05, 0.1) is 11.2 Å². The fraction of sp³-hybridized carbons (Fsp3) is 0.231. The fourth-order valence-corrected chi connectivity index (χ4v) is 2.32. The molecule has 2 rings (SSSR count). The third kappa shape index (κ3) is 3.55. The molecule has 0 fully saturated rings. The lowest BCUT2D eigenvalue weighted by molar-refractivity contribution is 0.0954. The highest BCUT2D eigenvalue weighted by Crippen LogP contribution is 2.08. The lowest BCUT2D eigenvalue weighted by atomic mass is 10.1. The number of hydrogen-bond donors (Lipinski definition) is 1. The van der Waals surface area contributed by atoms with Gasteiger partial charge < -0.3 is 5.32 Å². The van der Waals surface area contributed by atoms with Crippen LogP contribution in [0.25, 0.3) is 0 Å². The summed E-state index contributed by atoms with van der Waals surface area (Å²) in [5, 5.41) is 4.86. The van der Waals surface area contributed by atoms with Crippen LogP contribution in [-0.2, 0) is 12.3 Å². The molecule has 1 heterocycles. The van der Waals surface area contributed by atoms with Gasteiger partial charge in [0, 0.05) is 29.8 Å². The molecule has 0 aliphatic carbocycles. The Morgan fingerprint density at radius 3 is 3.06 bits per heavy atom. The second-order valence-corrected chi connectivity index (χ2v) is 4.81. The van der Waals surface area contributed by atoms with Crippen LogP contribution >= 0.6 is 22.9 Å². The van der Waals surface area contributed by atoms with E-state index in [1.807, 2.05) is 23.6 Å². The van der Waals surface area contributed by atoms with E-state index in [1.54, 1.807) is 22.9 Å². The molecule has 1 aromatic carbocycles. The van der Waals surface area contributed by atoms with Gasteiger partial charge in [-0.3, -0.25) is 4.79 Å². The molecule has 0 aliphatic rings. The van der Waals surface area contributed by atoms with Crippen molar-refractivity contribution in [3.63, 3.8) is 0 Å². The summed E-state index contributed by atoms with van der Waals surface area (Å²) in [6, 6.07) is 7.34. The van der Waals surface area contributed by atoms with E-state index in [9.17, 15) is 4.79 Å². The maximum atomic E-state index is 11.9. The first kappa shape index (κ1) is 13.1. The molecule has 1 aromatic heterocycles. The minimum atomic E-state index is -0.0720. The first-order valence-corrected chi connectivity index (χ1v) is 7.07. The van der Waals surface area contributed by atoms with Crippen molar-refractivity contribution >= 4 is 28.8 Å². The number of nitrogens with one attached hydrogen (secondary N) is 1. The van der Waals surface area contributed by atoms with Crippen molar-refractivity contribution in [2.45, 2.75) is 12.3 Å². The highest BCUT2D eigenvalue weighted by Gasteiger charge is 2.05. The number of halogens is 1. The van der Waals surface area contributed by atoms with Crippen LogP contribution in [0.5, 0.6) is 0 Å². The van der Waals surface area contributed by atoms with E-state index in [2.05, 4.69) is 10.3 Å². The third-order valence-electron chi connectivity index (χ3n) is 2.49. The maximum absolute atomic E-state index is 11.9. The second-order valence-electron chi connectivity index (χ2n) is 3.82. The minimum absolute atomic E-state index is 0.0720. The van der Waals surface area contributed by atoms with Gasteiger partial charge >= 0.3 is 0 Å². The van der Waals surface area contributed by atoms with Gasteiger partial charge in [-0.15, -0.1) is 22.9 Å². The lowest BCUT2D eigenvalue weighted by Crippen LogP contribution is -2.25. The molecule has 94 valence electrons. The number of carbonyl (C=O) groups is 1. The monoisotopic (exact) mass is 280 g/mol. The highest BCUT2D eigenvalue weighted by atomic mass is 35.5. The van der Waals surface area contributed by atoms with Gasteiger partial charge in [0.1, 0.15) is 0 Å². The predicted octanol–water partition coefficient (Wildman–Crippen LogP) is 2.85. The number of thiazole rings is 1. The highest BCUT2D eigenvalue weighted by molar-refractivity contribution is 7.07. The molecule has 0 bridgehead atoms. The van der Waals surface area contributed by atoms with Crippen LogP contribution < -0.4 is 5.32 Å². The Labute approximate surface area is 115 Å². The molecule has 0 atom stereocenters. The molecule has 0 aliphatic heterocycles. The van der Waals surface area contributed by atoms with E-state index in [1.165, 1.54) is 0 Å². The smallest absolute Gasteiger partial charge is 0.251 e. The van der Waals surface area contributed by atoms with E-state index in [0.717, 1.165) is 17.7 Å². The summed E-state index contributed by atoms with van der Waals surface area (Å²) in [7, 11) is 0. The third-order valence-corrected chi connectivity index (χ3v) is 3.44. The van der Waals surface area contributed by atoms with Gasteiger partial charge in [-0.05, 0) is 17.7 Å². The minimum Gasteiger partial charge on any atom is -0.352 e. The number of benzene rings is 1. The molecular weight excluding hydrogens is 268 g/mol. The Morgan fingerprint density at radius 2 is 2.33 bits per heavy atom. The molecule has 0 saturated heterocycles. The van der Waals surface area contributed by atoms with Gasteiger partial charge in [-0.2, -0.15) is 0 Å². The standard InChI is InChI=1S/C13H13ClN2OS/c14-7-10-2-1-3-11(6-10)13(17)15-5-4-12-8-18-9-16-12/h1-3,6,8-9H,4-5,7H2,(H,15,17). The lowest BCUT2D eigenvalue weighted by Gasteiger charge is -2.05. The number of hydrogen-bond acceptors (Lipinski definition) is 3. The average Bonchev–Trinajstić information content (AvgIpc) is 2.92. The molecule has 2 aromatic rings. The molecule has 0 saturated carbocycles. The van der Waals surface area contributed by atoms with Crippen molar-refractivity contribution in [2.75, 3.05) is 6.54 Å². The van der Waals surface area contributed by atoms with Crippen LogP contribution in [0, 0.1) is 0 Å². The summed E-state index contributed by atoms with van der Waals surface area (Å²) in [5.41, 5.74) is 4.39. The number of nitrogens with zero attached hydrogens (tertiary/aromatic N) is 1. The van der Waals surface area contributed by atoms with Crippen LogP contribution in [0.2, 0.25) is 0 Å². The van der Waals surface area contributed by atoms with Crippen molar-refractivity contribution < 1.29 is 4.79 Å². The van der Waals surface area contributed by atoms with Gasteiger partial charge in [0.25, 0.3) is 5.91 Å². The van der Waals surface area contributed by atoms with Crippen molar-refractivity contribution in [3.05, 3.63) is 52.0 Å². The molecule has 1 N–H and O–H groups in total. The largest absolute Gasteiger partial charge is 0.352 e. The average molecular weight is 281 g/mol. The molecule has 0 unspecified atom stereocenters. The number of aromatic nitrogens is 1. The SMILES string of the molecule is O=C(NCCc1cscn1)c1cccc(CCl)c1. The van der Waals surface area contributed by atoms with E-state index in [0.29, 0.717) is 18.0 Å². The summed E-state index contributed by atoms with van der Waals surface area (Å²) in [5.74, 6) is 0.345. The normalized spacial score (nSPS) is 10.3.